The molecule has 0 aliphatic carbocycles. The first kappa shape index (κ1) is 12.0. The Bertz CT molecular complexity index is 609. The maximum absolute atomic E-state index is 12.5. The fourth-order valence-electron chi connectivity index (χ4n) is 2.50. The molecule has 0 saturated carbocycles. The largest absolute Gasteiger partial charge is 0.396 e. The van der Waals surface area contributed by atoms with Gasteiger partial charge in [0.15, 0.2) is 0 Å². The predicted molar refractivity (Wildman–Crippen MR) is 70.6 cm³/mol. The average Bonchev–Trinajstić information content (AvgIpc) is 2.95. The van der Waals surface area contributed by atoms with E-state index in [0.29, 0.717) is 24.2 Å². The first-order valence-corrected chi connectivity index (χ1v) is 6.39. The van der Waals surface area contributed by atoms with Crippen molar-refractivity contribution in [3.05, 3.63) is 36.2 Å². The third-order valence-electron chi connectivity index (χ3n) is 3.56. The number of aliphatic hydroxyl groups is 1. The number of nitrogens with zero attached hydrogens (tertiary/aromatic N) is 3. The summed E-state index contributed by atoms with van der Waals surface area (Å²) in [4.78, 5) is 22.7. The van der Waals surface area contributed by atoms with Gasteiger partial charge in [0, 0.05) is 38.0 Å². The maximum Gasteiger partial charge on any atom is 0.256 e. The van der Waals surface area contributed by atoms with E-state index in [-0.39, 0.29) is 18.4 Å². The molecule has 5 heteroatoms. The van der Waals surface area contributed by atoms with E-state index < -0.39 is 0 Å². The number of para-hydroxylation sites is 1. The van der Waals surface area contributed by atoms with E-state index in [9.17, 15) is 4.79 Å². The Labute approximate surface area is 110 Å². The second-order valence-corrected chi connectivity index (χ2v) is 4.82. The van der Waals surface area contributed by atoms with E-state index in [0.717, 1.165) is 11.9 Å². The number of rotatable bonds is 2. The fourth-order valence-corrected chi connectivity index (χ4v) is 2.50. The molecule has 19 heavy (non-hydrogen) atoms. The molecule has 1 aromatic carbocycles. The van der Waals surface area contributed by atoms with Gasteiger partial charge in [-0.2, -0.15) is 0 Å². The highest BCUT2D eigenvalue weighted by Gasteiger charge is 2.27. The van der Waals surface area contributed by atoms with Crippen molar-refractivity contribution in [2.24, 2.45) is 5.92 Å². The molecule has 1 aromatic heterocycles. The van der Waals surface area contributed by atoms with Crippen LogP contribution in [0.1, 0.15) is 16.8 Å². The molecule has 5 nitrogen and oxygen atoms in total. The molecule has 1 aliphatic heterocycles. The van der Waals surface area contributed by atoms with Gasteiger partial charge in [-0.15, -0.1) is 0 Å². The molecular formula is C14H15N3O2. The van der Waals surface area contributed by atoms with Gasteiger partial charge >= 0.3 is 0 Å². The van der Waals surface area contributed by atoms with Crippen molar-refractivity contribution in [3.8, 4) is 0 Å². The lowest BCUT2D eigenvalue weighted by Crippen LogP contribution is -2.29. The van der Waals surface area contributed by atoms with Crippen molar-refractivity contribution < 1.29 is 9.90 Å². The van der Waals surface area contributed by atoms with Gasteiger partial charge < -0.3 is 10.0 Å². The number of aliphatic hydroxyl groups excluding tert-OH is 1. The second kappa shape index (κ2) is 4.93. The first-order chi connectivity index (χ1) is 9.29. The third kappa shape index (κ3) is 2.17. The number of hydrogen-bond acceptors (Lipinski definition) is 4. The number of hydrogen-bond donors (Lipinski definition) is 1. The fraction of sp³-hybridized carbons (Fsp3) is 0.357. The molecule has 1 unspecified atom stereocenters. The minimum absolute atomic E-state index is 0.0259. The molecule has 1 saturated heterocycles. The van der Waals surface area contributed by atoms with Crippen LogP contribution in [0.15, 0.2) is 30.6 Å². The summed E-state index contributed by atoms with van der Waals surface area (Å²) in [5.41, 5.74) is 1.96. The molecule has 0 bridgehead atoms. The number of benzene rings is 1. The monoisotopic (exact) mass is 257 g/mol. The van der Waals surface area contributed by atoms with Gasteiger partial charge in [0.1, 0.15) is 5.52 Å². The van der Waals surface area contributed by atoms with E-state index in [1.54, 1.807) is 23.4 Å². The Hall–Kier alpha value is -2.01. The lowest BCUT2D eigenvalue weighted by atomic mass is 10.1. The highest BCUT2D eigenvalue weighted by Crippen LogP contribution is 2.21. The van der Waals surface area contributed by atoms with Crippen LogP contribution in [-0.4, -0.2) is 45.6 Å². The number of amides is 1. The van der Waals surface area contributed by atoms with Crippen LogP contribution in [0.2, 0.25) is 0 Å². The Morgan fingerprint density at radius 1 is 1.37 bits per heavy atom. The van der Waals surface area contributed by atoms with Crippen LogP contribution in [0, 0.1) is 5.92 Å². The van der Waals surface area contributed by atoms with Crippen molar-refractivity contribution in [1.82, 2.24) is 14.9 Å². The zero-order valence-electron chi connectivity index (χ0n) is 10.5. The van der Waals surface area contributed by atoms with E-state index in [2.05, 4.69) is 9.97 Å². The van der Waals surface area contributed by atoms with Crippen LogP contribution < -0.4 is 0 Å². The topological polar surface area (TPSA) is 66.3 Å². The van der Waals surface area contributed by atoms with Gasteiger partial charge in [-0.05, 0) is 18.6 Å². The smallest absolute Gasteiger partial charge is 0.256 e. The van der Waals surface area contributed by atoms with Gasteiger partial charge in [0.05, 0.1) is 11.1 Å². The van der Waals surface area contributed by atoms with Crippen LogP contribution in [0.3, 0.4) is 0 Å². The van der Waals surface area contributed by atoms with Crippen molar-refractivity contribution in [2.45, 2.75) is 6.42 Å². The summed E-state index contributed by atoms with van der Waals surface area (Å²) >= 11 is 0. The number of aromatic nitrogens is 2. The molecule has 1 N–H and O–H groups in total. The molecule has 98 valence electrons. The predicted octanol–water partition coefficient (Wildman–Crippen LogP) is 1.08. The van der Waals surface area contributed by atoms with Crippen LogP contribution >= 0.6 is 0 Å². The van der Waals surface area contributed by atoms with Crippen LogP contribution in [0.5, 0.6) is 0 Å². The SMILES string of the molecule is O=C(c1cccc2nccnc12)N1CCC(CO)C1. The first-order valence-electron chi connectivity index (χ1n) is 6.39. The van der Waals surface area contributed by atoms with Crippen LogP contribution in [-0.2, 0) is 0 Å². The van der Waals surface area contributed by atoms with E-state index in [4.69, 9.17) is 5.11 Å². The molecule has 0 spiro atoms. The molecular weight excluding hydrogens is 242 g/mol. The quantitative estimate of drug-likeness (QED) is 0.874. The number of likely N-dealkylation sites (tertiary alicyclic amines) is 1. The van der Waals surface area contributed by atoms with Crippen molar-refractivity contribution in [3.63, 3.8) is 0 Å². The summed E-state index contributed by atoms with van der Waals surface area (Å²) < 4.78 is 0. The van der Waals surface area contributed by atoms with E-state index in [1.165, 1.54) is 0 Å². The maximum atomic E-state index is 12.5. The molecule has 1 fully saturated rings. The average molecular weight is 257 g/mol. The van der Waals surface area contributed by atoms with Gasteiger partial charge in [-0.25, -0.2) is 0 Å². The summed E-state index contributed by atoms with van der Waals surface area (Å²) in [6.07, 6.45) is 4.08. The van der Waals surface area contributed by atoms with Crippen LogP contribution in [0.25, 0.3) is 11.0 Å². The van der Waals surface area contributed by atoms with E-state index in [1.807, 2.05) is 12.1 Å². The van der Waals surface area contributed by atoms with Gasteiger partial charge in [0.25, 0.3) is 5.91 Å². The number of carbonyl (C=O) groups excluding carboxylic acids is 1. The zero-order valence-corrected chi connectivity index (χ0v) is 10.5. The Morgan fingerprint density at radius 2 is 2.21 bits per heavy atom. The summed E-state index contributed by atoms with van der Waals surface area (Å²) in [6.45, 7) is 1.45. The molecule has 2 aromatic rings. The van der Waals surface area contributed by atoms with Crippen LogP contribution in [0.4, 0.5) is 0 Å². The van der Waals surface area contributed by atoms with Crippen molar-refractivity contribution >= 4 is 16.9 Å². The zero-order chi connectivity index (χ0) is 13.2. The Kier molecular flexibility index (Phi) is 3.13. The number of fused-ring (bicyclic) bond motifs is 1. The second-order valence-electron chi connectivity index (χ2n) is 4.82. The minimum Gasteiger partial charge on any atom is -0.396 e. The highest BCUT2D eigenvalue weighted by atomic mass is 16.3. The summed E-state index contributed by atoms with van der Waals surface area (Å²) in [5.74, 6) is 0.173. The standard InChI is InChI=1S/C14H15N3O2/c18-9-10-4-7-17(8-10)14(19)11-2-1-3-12-13(11)16-6-5-15-12/h1-3,5-6,10,18H,4,7-9H2. The lowest BCUT2D eigenvalue weighted by Gasteiger charge is -2.16. The molecule has 0 radical (unpaired) electrons. The molecule has 2 heterocycles. The van der Waals surface area contributed by atoms with Crippen molar-refractivity contribution in [2.75, 3.05) is 19.7 Å². The normalized spacial score (nSPS) is 19.0. The molecule has 1 atom stereocenters. The Morgan fingerprint density at radius 3 is 3.00 bits per heavy atom. The molecule has 3 rings (SSSR count). The molecule has 1 amide bonds. The Balaban J connectivity index is 1.94. The number of carbonyl (C=O) groups is 1. The highest BCUT2D eigenvalue weighted by molar-refractivity contribution is 6.04. The lowest BCUT2D eigenvalue weighted by molar-refractivity contribution is 0.0783. The summed E-state index contributed by atoms with van der Waals surface area (Å²) in [7, 11) is 0. The summed E-state index contributed by atoms with van der Waals surface area (Å²) in [5, 5.41) is 9.15. The minimum atomic E-state index is -0.0259. The van der Waals surface area contributed by atoms with Gasteiger partial charge in [-0.3, -0.25) is 14.8 Å². The summed E-state index contributed by atoms with van der Waals surface area (Å²) in [6, 6.07) is 5.45. The third-order valence-corrected chi connectivity index (χ3v) is 3.56. The van der Waals surface area contributed by atoms with Gasteiger partial charge in [0.2, 0.25) is 0 Å². The molecule has 1 aliphatic rings. The van der Waals surface area contributed by atoms with E-state index >= 15 is 0 Å². The van der Waals surface area contributed by atoms with Gasteiger partial charge in [-0.1, -0.05) is 6.07 Å². The van der Waals surface area contributed by atoms with Crippen molar-refractivity contribution in [1.29, 1.82) is 0 Å².